The van der Waals surface area contributed by atoms with Gasteiger partial charge in [-0.05, 0) is 46.9 Å². The number of thioether (sulfide) groups is 1. The summed E-state index contributed by atoms with van der Waals surface area (Å²) in [5.74, 6) is -0.809. The largest absolute Gasteiger partial charge is 0.465 e. The number of carbonyl (C=O) groups excluding carboxylic acids is 3. The first kappa shape index (κ1) is 32.2. The topological polar surface area (TPSA) is 87.7 Å². The zero-order valence-corrected chi connectivity index (χ0v) is 27.6. The lowest BCUT2D eigenvalue weighted by Gasteiger charge is -2.27. The summed E-state index contributed by atoms with van der Waals surface area (Å²) in [5.41, 5.74) is 5.04. The molecule has 0 fully saturated rings. The van der Waals surface area contributed by atoms with E-state index in [2.05, 4.69) is 27.7 Å². The molecule has 1 aliphatic rings. The highest BCUT2D eigenvalue weighted by Gasteiger charge is 2.31. The van der Waals surface area contributed by atoms with E-state index in [9.17, 15) is 14.4 Å². The first-order valence-corrected chi connectivity index (χ1v) is 17.1. The molecule has 0 radical (unpaired) electrons. The molecule has 2 N–H and O–H groups in total. The average Bonchev–Trinajstić information content (AvgIpc) is 3.45. The maximum absolute atomic E-state index is 14.1. The van der Waals surface area contributed by atoms with Gasteiger partial charge in [0.1, 0.15) is 10.3 Å². The van der Waals surface area contributed by atoms with E-state index in [1.165, 1.54) is 35.8 Å². The van der Waals surface area contributed by atoms with Crippen LogP contribution in [0.15, 0.2) is 120 Å². The number of amides is 2. The van der Waals surface area contributed by atoms with Crippen molar-refractivity contribution in [2.75, 3.05) is 24.3 Å². The number of rotatable bonds is 11. The highest BCUT2D eigenvalue weighted by atomic mass is 32.2. The minimum Gasteiger partial charge on any atom is -0.465 e. The van der Waals surface area contributed by atoms with Gasteiger partial charge in [-0.25, -0.2) is 4.79 Å². The fourth-order valence-corrected chi connectivity index (χ4v) is 8.05. The second-order valence-electron chi connectivity index (χ2n) is 11.3. The Morgan fingerprint density at radius 1 is 0.851 bits per heavy atom. The molecule has 1 aromatic heterocycles. The zero-order valence-electron chi connectivity index (χ0n) is 26.0. The number of hydrogen-bond acceptors (Lipinski definition) is 7. The minimum atomic E-state index is -0.620. The van der Waals surface area contributed by atoms with Crippen LogP contribution >= 0.6 is 23.1 Å². The van der Waals surface area contributed by atoms with E-state index in [4.69, 9.17) is 4.74 Å². The Morgan fingerprint density at radius 2 is 1.53 bits per heavy atom. The molecule has 6 rings (SSSR count). The number of methoxy groups -OCH3 is 1. The van der Waals surface area contributed by atoms with Gasteiger partial charge in [0.25, 0.3) is 0 Å². The summed E-state index contributed by atoms with van der Waals surface area (Å²) in [4.78, 5) is 44.2. The molecule has 7 nitrogen and oxygen atoms in total. The molecule has 9 heteroatoms. The zero-order chi connectivity index (χ0) is 32.6. The van der Waals surface area contributed by atoms with Crippen molar-refractivity contribution in [1.82, 2.24) is 4.90 Å². The van der Waals surface area contributed by atoms with E-state index in [1.807, 2.05) is 103 Å². The highest BCUT2D eigenvalue weighted by molar-refractivity contribution is 8.00. The quantitative estimate of drug-likeness (QED) is 0.111. The Morgan fingerprint density at radius 3 is 2.23 bits per heavy atom. The molecule has 238 valence electrons. The third-order valence-electron chi connectivity index (χ3n) is 7.93. The summed E-state index contributed by atoms with van der Waals surface area (Å²) in [6.45, 7) is 2.30. The molecule has 0 bridgehead atoms. The van der Waals surface area contributed by atoms with Gasteiger partial charge in [0.2, 0.25) is 11.8 Å². The van der Waals surface area contributed by atoms with Gasteiger partial charge in [0.05, 0.1) is 19.1 Å². The second kappa shape index (κ2) is 15.3. The van der Waals surface area contributed by atoms with E-state index in [0.29, 0.717) is 29.2 Å². The fourth-order valence-electron chi connectivity index (χ4n) is 5.69. The van der Waals surface area contributed by atoms with Gasteiger partial charge in [-0.1, -0.05) is 97.1 Å². The molecule has 0 spiro atoms. The van der Waals surface area contributed by atoms with Crippen molar-refractivity contribution >= 4 is 51.6 Å². The van der Waals surface area contributed by atoms with Crippen LogP contribution in [0.3, 0.4) is 0 Å². The van der Waals surface area contributed by atoms with Gasteiger partial charge in [-0.3, -0.25) is 14.5 Å². The summed E-state index contributed by atoms with van der Waals surface area (Å²) in [6, 6.07) is 37.0. The Kier molecular flexibility index (Phi) is 10.5. The van der Waals surface area contributed by atoms with Crippen molar-refractivity contribution in [3.63, 3.8) is 0 Å². The lowest BCUT2D eigenvalue weighted by Crippen LogP contribution is -2.29. The number of benzene rings is 4. The van der Waals surface area contributed by atoms with Crippen LogP contribution in [0.25, 0.3) is 0 Å². The van der Waals surface area contributed by atoms with Crippen molar-refractivity contribution in [3.8, 4) is 0 Å². The maximum atomic E-state index is 14.1. The molecule has 4 aromatic carbocycles. The van der Waals surface area contributed by atoms with Crippen LogP contribution in [-0.2, 0) is 40.3 Å². The molecule has 0 saturated heterocycles. The third-order valence-corrected chi connectivity index (χ3v) is 10.3. The lowest BCUT2D eigenvalue weighted by atomic mass is 10.0. The molecular formula is C38H35N3O4S2. The Bertz CT molecular complexity index is 1850. The number of nitrogens with zero attached hydrogens (tertiary/aromatic N) is 1. The first-order valence-electron chi connectivity index (χ1n) is 15.4. The summed E-state index contributed by atoms with van der Waals surface area (Å²) in [7, 11) is 1.37. The van der Waals surface area contributed by atoms with E-state index < -0.39 is 11.2 Å². The number of fused-ring (bicyclic) bond motifs is 1. The number of hydrogen-bond donors (Lipinski definition) is 2. The summed E-state index contributed by atoms with van der Waals surface area (Å²) >= 11 is 2.83. The van der Waals surface area contributed by atoms with Crippen molar-refractivity contribution in [2.24, 2.45) is 0 Å². The van der Waals surface area contributed by atoms with Crippen LogP contribution in [0.1, 0.15) is 42.7 Å². The Labute approximate surface area is 283 Å². The summed E-state index contributed by atoms with van der Waals surface area (Å²) in [5, 5.41) is 5.98. The van der Waals surface area contributed by atoms with E-state index in [0.717, 1.165) is 39.6 Å². The van der Waals surface area contributed by atoms with Crippen LogP contribution in [0.4, 0.5) is 10.7 Å². The molecule has 1 unspecified atom stereocenters. The Balaban J connectivity index is 1.21. The highest BCUT2D eigenvalue weighted by Crippen LogP contribution is 2.41. The van der Waals surface area contributed by atoms with Crippen molar-refractivity contribution < 1.29 is 19.1 Å². The molecule has 47 heavy (non-hydrogen) atoms. The number of thiophene rings is 1. The van der Waals surface area contributed by atoms with E-state index in [-0.39, 0.29) is 18.2 Å². The monoisotopic (exact) mass is 661 g/mol. The van der Waals surface area contributed by atoms with Crippen molar-refractivity contribution in [2.45, 2.75) is 36.1 Å². The van der Waals surface area contributed by atoms with E-state index in [1.54, 1.807) is 0 Å². The molecule has 0 aliphatic carbocycles. The second-order valence-corrected chi connectivity index (χ2v) is 13.6. The molecule has 2 heterocycles. The Hall–Kier alpha value is -4.70. The lowest BCUT2D eigenvalue weighted by molar-refractivity contribution is -0.116. The van der Waals surface area contributed by atoms with Crippen LogP contribution in [0.5, 0.6) is 0 Å². The normalized spacial score (nSPS) is 13.3. The van der Waals surface area contributed by atoms with Crippen LogP contribution in [-0.4, -0.2) is 36.3 Å². The van der Waals surface area contributed by atoms with Gasteiger partial charge in [-0.2, -0.15) is 0 Å². The SMILES string of the molecule is COC(=O)c1c(NC(=O)C(Sc2cccc(NC(=O)Cc3ccccc3)c2)c2ccccc2)sc2c1CCN(Cc1ccccc1)C2. The number of carbonyl (C=O) groups is 3. The average molecular weight is 662 g/mol. The van der Waals surface area contributed by atoms with Gasteiger partial charge >= 0.3 is 5.97 Å². The number of nitrogens with one attached hydrogen (secondary N) is 2. The van der Waals surface area contributed by atoms with Crippen molar-refractivity contribution in [3.05, 3.63) is 148 Å². The van der Waals surface area contributed by atoms with Gasteiger partial charge in [0, 0.05) is 35.1 Å². The predicted octanol–water partition coefficient (Wildman–Crippen LogP) is 7.75. The summed E-state index contributed by atoms with van der Waals surface area (Å²) in [6.07, 6.45) is 0.962. The smallest absolute Gasteiger partial charge is 0.341 e. The standard InChI is InChI=1S/C38H35N3O4S2/c1-45-38(44)34-31-20-21-41(24-27-14-7-3-8-15-27)25-32(31)47-37(34)40-36(43)35(28-16-9-4-10-17-28)46-30-19-11-18-29(23-30)39-33(42)22-26-12-5-2-6-13-26/h2-19,23,35H,20-22,24-25H2,1H3,(H,39,42)(H,40,43). The molecular weight excluding hydrogens is 627 g/mol. The van der Waals surface area contributed by atoms with Crippen LogP contribution in [0.2, 0.25) is 0 Å². The number of ether oxygens (including phenoxy) is 1. The van der Waals surface area contributed by atoms with Crippen LogP contribution in [0, 0.1) is 0 Å². The fraction of sp³-hybridized carbons (Fsp3) is 0.184. The maximum Gasteiger partial charge on any atom is 0.341 e. The molecule has 5 aromatic rings. The number of esters is 1. The first-order chi connectivity index (χ1) is 23.0. The van der Waals surface area contributed by atoms with Crippen LogP contribution < -0.4 is 10.6 Å². The molecule has 1 aliphatic heterocycles. The van der Waals surface area contributed by atoms with E-state index >= 15 is 0 Å². The molecule has 0 saturated carbocycles. The van der Waals surface area contributed by atoms with Gasteiger partial charge in [0.15, 0.2) is 0 Å². The predicted molar refractivity (Wildman–Crippen MR) is 189 cm³/mol. The van der Waals surface area contributed by atoms with Crippen molar-refractivity contribution in [1.29, 1.82) is 0 Å². The summed E-state index contributed by atoms with van der Waals surface area (Å²) < 4.78 is 5.19. The van der Waals surface area contributed by atoms with Gasteiger partial charge in [-0.15, -0.1) is 23.1 Å². The molecule has 1 atom stereocenters. The molecule has 2 amide bonds. The van der Waals surface area contributed by atoms with Gasteiger partial charge < -0.3 is 15.4 Å². The minimum absolute atomic E-state index is 0.116. The third kappa shape index (κ3) is 8.18. The number of anilines is 2.